The van der Waals surface area contributed by atoms with Crippen LogP contribution >= 0.6 is 15.9 Å². The lowest BCUT2D eigenvalue weighted by molar-refractivity contribution is -0.143. The van der Waals surface area contributed by atoms with E-state index in [0.29, 0.717) is 5.69 Å². The van der Waals surface area contributed by atoms with Gasteiger partial charge in [0.25, 0.3) is 0 Å². The fourth-order valence-corrected chi connectivity index (χ4v) is 2.31. The smallest absolute Gasteiger partial charge is 0.328 e. The first-order chi connectivity index (χ1) is 8.54. The number of fused-ring (bicyclic) bond motifs is 1. The van der Waals surface area contributed by atoms with Crippen molar-refractivity contribution in [3.8, 4) is 0 Å². The maximum atomic E-state index is 11.9. The van der Waals surface area contributed by atoms with Crippen molar-refractivity contribution in [3.05, 3.63) is 22.7 Å². The monoisotopic (exact) mass is 312 g/mol. The Labute approximate surface area is 113 Å². The Morgan fingerprint density at radius 1 is 1.56 bits per heavy atom. The van der Waals surface area contributed by atoms with Gasteiger partial charge >= 0.3 is 5.97 Å². The first-order valence-corrected chi connectivity index (χ1v) is 6.27. The van der Waals surface area contributed by atoms with Gasteiger partial charge in [0.15, 0.2) is 0 Å². The number of nitrogens with one attached hydrogen (secondary N) is 1. The first kappa shape index (κ1) is 12.9. The molecule has 0 spiro atoms. The molecule has 1 aromatic carbocycles. The number of hydrogen-bond donors (Lipinski definition) is 1. The largest absolute Gasteiger partial charge is 0.467 e. The van der Waals surface area contributed by atoms with Crippen LogP contribution in [0, 0.1) is 0 Å². The molecule has 1 aliphatic heterocycles. The number of amides is 1. The topological polar surface area (TPSA) is 58.6 Å². The van der Waals surface area contributed by atoms with E-state index < -0.39 is 12.0 Å². The van der Waals surface area contributed by atoms with Crippen LogP contribution in [0.25, 0.3) is 0 Å². The molecule has 0 saturated carbocycles. The van der Waals surface area contributed by atoms with E-state index in [0.717, 1.165) is 10.2 Å². The van der Waals surface area contributed by atoms with E-state index in [1.807, 2.05) is 12.1 Å². The third-order valence-corrected chi connectivity index (χ3v) is 3.34. The Bertz CT molecular complexity index is 504. The summed E-state index contributed by atoms with van der Waals surface area (Å²) in [5, 5.41) is 3.02. The van der Waals surface area contributed by atoms with Gasteiger partial charge in [-0.1, -0.05) is 15.9 Å². The van der Waals surface area contributed by atoms with Gasteiger partial charge in [0, 0.05) is 4.47 Å². The van der Waals surface area contributed by atoms with Crippen LogP contribution in [0.3, 0.4) is 0 Å². The fourth-order valence-electron chi connectivity index (χ4n) is 1.95. The fraction of sp³-hybridized carbons (Fsp3) is 0.333. The minimum Gasteiger partial charge on any atom is -0.467 e. The lowest BCUT2D eigenvalue weighted by atomic mass is 10.1. The minimum atomic E-state index is -0.635. The Balaban J connectivity index is 2.42. The highest BCUT2D eigenvalue weighted by Gasteiger charge is 2.32. The normalized spacial score (nSPS) is 15.7. The van der Waals surface area contributed by atoms with Crippen molar-refractivity contribution >= 4 is 39.2 Å². The lowest BCUT2D eigenvalue weighted by Crippen LogP contribution is -2.49. The zero-order chi connectivity index (χ0) is 13.3. The van der Waals surface area contributed by atoms with E-state index in [-0.39, 0.29) is 12.5 Å². The third kappa shape index (κ3) is 2.20. The molecule has 1 atom stereocenters. The summed E-state index contributed by atoms with van der Waals surface area (Å²) in [7, 11) is 1.31. The van der Waals surface area contributed by atoms with Crippen molar-refractivity contribution < 1.29 is 14.3 Å². The summed E-state index contributed by atoms with van der Waals surface area (Å²) in [6.07, 6.45) is 0. The van der Waals surface area contributed by atoms with Gasteiger partial charge in [-0.25, -0.2) is 4.79 Å². The molecule has 0 aromatic heterocycles. The summed E-state index contributed by atoms with van der Waals surface area (Å²) in [5.74, 6) is -0.582. The number of rotatable bonds is 2. The molecule has 1 heterocycles. The average molecular weight is 313 g/mol. The maximum absolute atomic E-state index is 11.9. The SMILES string of the molecule is COC(=O)C(C)N1C(=O)CNc2cc(Br)ccc21. The Morgan fingerprint density at radius 3 is 2.94 bits per heavy atom. The van der Waals surface area contributed by atoms with Gasteiger partial charge in [-0.15, -0.1) is 0 Å². The summed E-state index contributed by atoms with van der Waals surface area (Å²) in [6, 6.07) is 4.86. The molecule has 18 heavy (non-hydrogen) atoms. The molecule has 0 saturated heterocycles. The molecule has 1 N–H and O–H groups in total. The molecular formula is C12H13BrN2O3. The highest BCUT2D eigenvalue weighted by Crippen LogP contribution is 2.33. The van der Waals surface area contributed by atoms with Gasteiger partial charge < -0.3 is 10.1 Å². The zero-order valence-corrected chi connectivity index (χ0v) is 11.7. The van der Waals surface area contributed by atoms with E-state index >= 15 is 0 Å². The predicted octanol–water partition coefficient (Wildman–Crippen LogP) is 1.77. The quantitative estimate of drug-likeness (QED) is 0.846. The second-order valence-electron chi connectivity index (χ2n) is 3.98. The Hall–Kier alpha value is -1.56. The molecule has 0 aliphatic carbocycles. The van der Waals surface area contributed by atoms with Crippen LogP contribution in [0.5, 0.6) is 0 Å². The number of benzene rings is 1. The van der Waals surface area contributed by atoms with E-state index in [4.69, 9.17) is 0 Å². The Morgan fingerprint density at radius 2 is 2.28 bits per heavy atom. The van der Waals surface area contributed by atoms with Crippen LogP contribution in [0.1, 0.15) is 6.92 Å². The van der Waals surface area contributed by atoms with Crippen molar-refractivity contribution in [2.75, 3.05) is 23.9 Å². The summed E-state index contributed by atoms with van der Waals surface area (Å²) in [4.78, 5) is 25.0. The highest BCUT2D eigenvalue weighted by molar-refractivity contribution is 9.10. The van der Waals surface area contributed by atoms with Gasteiger partial charge in [0.1, 0.15) is 6.04 Å². The third-order valence-electron chi connectivity index (χ3n) is 2.85. The highest BCUT2D eigenvalue weighted by atomic mass is 79.9. The van der Waals surface area contributed by atoms with Crippen LogP contribution in [0.2, 0.25) is 0 Å². The van der Waals surface area contributed by atoms with Crippen LogP contribution in [0.15, 0.2) is 22.7 Å². The van der Waals surface area contributed by atoms with Crippen LogP contribution < -0.4 is 10.2 Å². The minimum absolute atomic E-state index is 0.150. The predicted molar refractivity (Wildman–Crippen MR) is 71.6 cm³/mol. The van der Waals surface area contributed by atoms with Crippen molar-refractivity contribution in [2.45, 2.75) is 13.0 Å². The number of carbonyl (C=O) groups is 2. The van der Waals surface area contributed by atoms with Crippen molar-refractivity contribution in [1.82, 2.24) is 0 Å². The number of carbonyl (C=O) groups excluding carboxylic acids is 2. The molecule has 2 rings (SSSR count). The average Bonchev–Trinajstić information content (AvgIpc) is 2.37. The van der Waals surface area contributed by atoms with E-state index in [9.17, 15) is 9.59 Å². The number of anilines is 2. The van der Waals surface area contributed by atoms with Crippen LogP contribution in [-0.4, -0.2) is 31.6 Å². The van der Waals surface area contributed by atoms with E-state index in [1.54, 1.807) is 13.0 Å². The number of methoxy groups -OCH3 is 1. The number of ether oxygens (including phenoxy) is 1. The zero-order valence-electron chi connectivity index (χ0n) is 10.1. The maximum Gasteiger partial charge on any atom is 0.328 e. The molecule has 6 heteroatoms. The molecule has 1 aliphatic rings. The standard InChI is InChI=1S/C12H13BrN2O3/c1-7(12(17)18-2)15-10-4-3-8(13)5-9(10)14-6-11(15)16/h3-5,7,14H,6H2,1-2H3. The van der Waals surface area contributed by atoms with Gasteiger partial charge in [-0.2, -0.15) is 0 Å². The second kappa shape index (κ2) is 4.97. The molecule has 0 fully saturated rings. The summed E-state index contributed by atoms with van der Waals surface area (Å²) in [6.45, 7) is 1.83. The number of hydrogen-bond acceptors (Lipinski definition) is 4. The first-order valence-electron chi connectivity index (χ1n) is 5.48. The van der Waals surface area contributed by atoms with E-state index in [1.165, 1.54) is 12.0 Å². The van der Waals surface area contributed by atoms with Crippen molar-refractivity contribution in [1.29, 1.82) is 0 Å². The molecule has 1 aromatic rings. The molecule has 0 radical (unpaired) electrons. The van der Waals surface area contributed by atoms with Gasteiger partial charge in [-0.05, 0) is 25.1 Å². The summed E-state index contributed by atoms with van der Waals surface area (Å²) >= 11 is 3.37. The second-order valence-corrected chi connectivity index (χ2v) is 4.89. The van der Waals surface area contributed by atoms with Gasteiger partial charge in [0.05, 0.1) is 25.0 Å². The molecule has 96 valence electrons. The molecule has 0 bridgehead atoms. The molecular weight excluding hydrogens is 300 g/mol. The number of nitrogens with zero attached hydrogens (tertiary/aromatic N) is 1. The van der Waals surface area contributed by atoms with E-state index in [2.05, 4.69) is 26.0 Å². The van der Waals surface area contributed by atoms with Gasteiger partial charge in [-0.3, -0.25) is 9.69 Å². The molecule has 1 amide bonds. The van der Waals surface area contributed by atoms with Crippen molar-refractivity contribution in [3.63, 3.8) is 0 Å². The van der Waals surface area contributed by atoms with Crippen molar-refractivity contribution in [2.24, 2.45) is 0 Å². The Kier molecular flexibility index (Phi) is 3.56. The number of esters is 1. The van der Waals surface area contributed by atoms with Gasteiger partial charge in [0.2, 0.25) is 5.91 Å². The summed E-state index contributed by atoms with van der Waals surface area (Å²) in [5.41, 5.74) is 1.51. The molecule has 5 nitrogen and oxygen atoms in total. The summed E-state index contributed by atoms with van der Waals surface area (Å²) < 4.78 is 5.60. The lowest BCUT2D eigenvalue weighted by Gasteiger charge is -2.33. The number of halogens is 1. The molecule has 1 unspecified atom stereocenters. The van der Waals surface area contributed by atoms with Crippen LogP contribution in [0.4, 0.5) is 11.4 Å². The van der Waals surface area contributed by atoms with Crippen LogP contribution in [-0.2, 0) is 14.3 Å².